The van der Waals surface area contributed by atoms with Gasteiger partial charge in [-0.1, -0.05) is 31.0 Å². The number of carbonyl (C=O) groups is 2. The SMILES string of the molecule is COc1cccc(C(=O)Nc2cccc(CN(C(C)=O)C3CCCCC3N)c2)c1. The fourth-order valence-electron chi connectivity index (χ4n) is 3.90. The maximum atomic E-state index is 12.6. The average Bonchev–Trinajstić information content (AvgIpc) is 2.73. The van der Waals surface area contributed by atoms with E-state index in [0.29, 0.717) is 23.5 Å². The van der Waals surface area contributed by atoms with Gasteiger partial charge in [-0.05, 0) is 48.7 Å². The van der Waals surface area contributed by atoms with E-state index >= 15 is 0 Å². The molecule has 6 heteroatoms. The molecule has 29 heavy (non-hydrogen) atoms. The number of nitrogens with one attached hydrogen (secondary N) is 1. The van der Waals surface area contributed by atoms with Crippen molar-refractivity contribution in [1.29, 1.82) is 0 Å². The van der Waals surface area contributed by atoms with E-state index in [-0.39, 0.29) is 23.9 Å². The number of carbonyl (C=O) groups excluding carboxylic acids is 2. The molecule has 0 aromatic heterocycles. The molecule has 2 aromatic rings. The second-order valence-electron chi connectivity index (χ2n) is 7.55. The number of hydrogen-bond donors (Lipinski definition) is 2. The first kappa shape index (κ1) is 20.9. The molecule has 6 nitrogen and oxygen atoms in total. The van der Waals surface area contributed by atoms with Crippen molar-refractivity contribution in [2.75, 3.05) is 12.4 Å². The third-order valence-electron chi connectivity index (χ3n) is 5.46. The quantitative estimate of drug-likeness (QED) is 0.783. The van der Waals surface area contributed by atoms with Gasteiger partial charge in [0, 0.05) is 36.8 Å². The van der Waals surface area contributed by atoms with Crippen LogP contribution in [0.5, 0.6) is 5.75 Å². The van der Waals surface area contributed by atoms with Crippen molar-refractivity contribution >= 4 is 17.5 Å². The van der Waals surface area contributed by atoms with Crippen LogP contribution in [0.3, 0.4) is 0 Å². The lowest BCUT2D eigenvalue weighted by Gasteiger charge is -2.38. The van der Waals surface area contributed by atoms with Crippen LogP contribution in [0.4, 0.5) is 5.69 Å². The van der Waals surface area contributed by atoms with Crippen molar-refractivity contribution in [3.8, 4) is 5.75 Å². The van der Waals surface area contributed by atoms with Crippen molar-refractivity contribution in [1.82, 2.24) is 4.90 Å². The molecule has 0 bridgehead atoms. The van der Waals surface area contributed by atoms with E-state index in [2.05, 4.69) is 5.32 Å². The van der Waals surface area contributed by atoms with Gasteiger partial charge in [0.15, 0.2) is 0 Å². The lowest BCUT2D eigenvalue weighted by atomic mass is 9.89. The molecule has 0 saturated heterocycles. The van der Waals surface area contributed by atoms with E-state index in [9.17, 15) is 9.59 Å². The Bertz CT molecular complexity index is 868. The third kappa shape index (κ3) is 5.35. The minimum atomic E-state index is -0.209. The molecule has 2 aromatic carbocycles. The van der Waals surface area contributed by atoms with Gasteiger partial charge in [0.05, 0.1) is 7.11 Å². The van der Waals surface area contributed by atoms with Gasteiger partial charge in [-0.3, -0.25) is 9.59 Å². The van der Waals surface area contributed by atoms with Crippen LogP contribution in [0.25, 0.3) is 0 Å². The van der Waals surface area contributed by atoms with E-state index in [0.717, 1.165) is 31.2 Å². The first-order valence-electron chi connectivity index (χ1n) is 10.0. The molecule has 1 aliphatic rings. The zero-order valence-electron chi connectivity index (χ0n) is 17.1. The van der Waals surface area contributed by atoms with Gasteiger partial charge in [0.25, 0.3) is 5.91 Å². The average molecular weight is 396 g/mol. The Kier molecular flexibility index (Phi) is 6.88. The van der Waals surface area contributed by atoms with Gasteiger partial charge in [0.2, 0.25) is 5.91 Å². The van der Waals surface area contributed by atoms with E-state index in [1.54, 1.807) is 38.3 Å². The molecule has 2 atom stereocenters. The Morgan fingerprint density at radius 3 is 2.62 bits per heavy atom. The second-order valence-corrected chi connectivity index (χ2v) is 7.55. The van der Waals surface area contributed by atoms with Gasteiger partial charge >= 0.3 is 0 Å². The molecule has 3 rings (SSSR count). The highest BCUT2D eigenvalue weighted by molar-refractivity contribution is 6.04. The predicted molar refractivity (Wildman–Crippen MR) is 114 cm³/mol. The first-order valence-corrected chi connectivity index (χ1v) is 10.0. The van der Waals surface area contributed by atoms with Crippen LogP contribution < -0.4 is 15.8 Å². The zero-order valence-corrected chi connectivity index (χ0v) is 17.1. The van der Waals surface area contributed by atoms with E-state index in [1.807, 2.05) is 29.2 Å². The van der Waals surface area contributed by atoms with Crippen LogP contribution >= 0.6 is 0 Å². The zero-order chi connectivity index (χ0) is 20.8. The number of methoxy groups -OCH3 is 1. The molecular formula is C23H29N3O3. The largest absolute Gasteiger partial charge is 0.497 e. The summed E-state index contributed by atoms with van der Waals surface area (Å²) < 4.78 is 5.18. The Hall–Kier alpha value is -2.86. The highest BCUT2D eigenvalue weighted by Gasteiger charge is 2.29. The lowest BCUT2D eigenvalue weighted by molar-refractivity contribution is -0.133. The Morgan fingerprint density at radius 2 is 1.90 bits per heavy atom. The summed E-state index contributed by atoms with van der Waals surface area (Å²) in [5.74, 6) is 0.448. The van der Waals surface area contributed by atoms with Crippen molar-refractivity contribution < 1.29 is 14.3 Å². The van der Waals surface area contributed by atoms with Gasteiger partial charge in [0.1, 0.15) is 5.75 Å². The first-order chi connectivity index (χ1) is 14.0. The smallest absolute Gasteiger partial charge is 0.255 e. The number of ether oxygens (including phenoxy) is 1. The summed E-state index contributed by atoms with van der Waals surface area (Å²) in [6.07, 6.45) is 4.10. The van der Waals surface area contributed by atoms with Crippen LogP contribution in [0.2, 0.25) is 0 Å². The molecular weight excluding hydrogens is 366 g/mol. The summed E-state index contributed by atoms with van der Waals surface area (Å²) in [5, 5.41) is 2.92. The summed E-state index contributed by atoms with van der Waals surface area (Å²) in [6, 6.07) is 14.7. The van der Waals surface area contributed by atoms with Crippen molar-refractivity contribution in [3.63, 3.8) is 0 Å². The number of anilines is 1. The Balaban J connectivity index is 1.72. The fraction of sp³-hybridized carbons (Fsp3) is 0.391. The molecule has 2 unspecified atom stereocenters. The molecule has 0 spiro atoms. The molecule has 0 radical (unpaired) electrons. The van der Waals surface area contributed by atoms with Gasteiger partial charge in [-0.25, -0.2) is 0 Å². The highest BCUT2D eigenvalue weighted by Crippen LogP contribution is 2.24. The number of rotatable bonds is 6. The maximum Gasteiger partial charge on any atom is 0.255 e. The molecule has 2 amide bonds. The maximum absolute atomic E-state index is 12.6. The fourth-order valence-corrected chi connectivity index (χ4v) is 3.90. The molecule has 1 fully saturated rings. The molecule has 154 valence electrons. The number of benzene rings is 2. The normalized spacial score (nSPS) is 18.7. The number of nitrogens with zero attached hydrogens (tertiary/aromatic N) is 1. The van der Waals surface area contributed by atoms with Crippen molar-refractivity contribution in [2.45, 2.75) is 51.2 Å². The molecule has 3 N–H and O–H groups in total. The molecule has 0 heterocycles. The summed E-state index contributed by atoms with van der Waals surface area (Å²) in [5.41, 5.74) is 8.46. The van der Waals surface area contributed by atoms with Crippen LogP contribution in [-0.4, -0.2) is 35.9 Å². The highest BCUT2D eigenvalue weighted by atomic mass is 16.5. The van der Waals surface area contributed by atoms with E-state index in [1.165, 1.54) is 0 Å². The number of amides is 2. The molecule has 0 aliphatic heterocycles. The molecule has 1 aliphatic carbocycles. The van der Waals surface area contributed by atoms with Crippen LogP contribution in [0.15, 0.2) is 48.5 Å². The summed E-state index contributed by atoms with van der Waals surface area (Å²) in [6.45, 7) is 2.08. The standard InChI is InChI=1S/C23H29N3O3/c1-16(27)26(22-12-4-3-11-21(22)24)15-17-7-5-9-19(13-17)25-23(28)18-8-6-10-20(14-18)29-2/h5-10,13-14,21-22H,3-4,11-12,15,24H2,1-2H3,(H,25,28). The Labute approximate surface area is 172 Å². The van der Waals surface area contributed by atoms with Crippen molar-refractivity contribution in [2.24, 2.45) is 5.73 Å². The topological polar surface area (TPSA) is 84.7 Å². The number of nitrogens with two attached hydrogens (primary N) is 1. The summed E-state index contributed by atoms with van der Waals surface area (Å²) in [4.78, 5) is 26.7. The minimum absolute atomic E-state index is 0.0172. The molecule has 1 saturated carbocycles. The van der Waals surface area contributed by atoms with Gasteiger partial charge in [-0.2, -0.15) is 0 Å². The van der Waals surface area contributed by atoms with Crippen LogP contribution in [0.1, 0.15) is 48.5 Å². The van der Waals surface area contributed by atoms with E-state index < -0.39 is 0 Å². The Morgan fingerprint density at radius 1 is 1.14 bits per heavy atom. The van der Waals surface area contributed by atoms with Crippen molar-refractivity contribution in [3.05, 3.63) is 59.7 Å². The third-order valence-corrected chi connectivity index (χ3v) is 5.46. The van der Waals surface area contributed by atoms with Gasteiger partial charge in [-0.15, -0.1) is 0 Å². The summed E-state index contributed by atoms with van der Waals surface area (Å²) in [7, 11) is 1.57. The van der Waals surface area contributed by atoms with Crippen LogP contribution in [-0.2, 0) is 11.3 Å². The van der Waals surface area contributed by atoms with Gasteiger partial charge < -0.3 is 20.7 Å². The minimum Gasteiger partial charge on any atom is -0.497 e. The summed E-state index contributed by atoms with van der Waals surface area (Å²) >= 11 is 0. The predicted octanol–water partition coefficient (Wildman–Crippen LogP) is 3.57. The second kappa shape index (κ2) is 9.56. The monoisotopic (exact) mass is 395 g/mol. The van der Waals surface area contributed by atoms with E-state index in [4.69, 9.17) is 10.5 Å². The van der Waals surface area contributed by atoms with Crippen LogP contribution in [0, 0.1) is 0 Å². The number of hydrogen-bond acceptors (Lipinski definition) is 4. The lowest BCUT2D eigenvalue weighted by Crippen LogP contribution is -2.50.